The SMILES string of the molecule is CC(O)COC(C)CO.O=C(OCCCO)OCCCO.OCC(CO)(CO)CO.OCC1CCCC(CO)C1.OCCCCOCCCCO.OCCOCCO. The summed E-state index contributed by atoms with van der Waals surface area (Å²) in [6.07, 6.45) is 7.44. The average Bonchev–Trinajstić information content (AvgIpc) is 3.25. The lowest BCUT2D eigenvalue weighted by Gasteiger charge is -2.26. The molecule has 1 saturated carbocycles. The van der Waals surface area contributed by atoms with Crippen molar-refractivity contribution in [2.45, 2.75) is 90.3 Å². The summed E-state index contributed by atoms with van der Waals surface area (Å²) >= 11 is 0. The maximum Gasteiger partial charge on any atom is 0.508 e. The first-order valence-corrected chi connectivity index (χ1v) is 20.1. The van der Waals surface area contributed by atoms with Crippen molar-refractivity contribution >= 4 is 6.16 Å². The van der Waals surface area contributed by atoms with Crippen LogP contribution in [0.4, 0.5) is 4.79 Å². The van der Waals surface area contributed by atoms with E-state index in [4.69, 9.17) is 81.0 Å². The van der Waals surface area contributed by atoms with Crippen molar-refractivity contribution in [2.75, 3.05) is 132 Å². The maximum atomic E-state index is 10.6. The van der Waals surface area contributed by atoms with Crippen LogP contribution in [0.15, 0.2) is 0 Å². The second kappa shape index (κ2) is 55.6. The number of carbonyl (C=O) groups is 1. The van der Waals surface area contributed by atoms with Gasteiger partial charge in [-0.2, -0.15) is 0 Å². The van der Waals surface area contributed by atoms with Crippen LogP contribution < -0.4 is 0 Å². The van der Waals surface area contributed by atoms with Gasteiger partial charge in [0.15, 0.2) is 0 Å². The number of unbranched alkanes of at least 4 members (excludes halogenated alkanes) is 2. The van der Waals surface area contributed by atoms with Gasteiger partial charge in [0.2, 0.25) is 0 Å². The fourth-order valence-corrected chi connectivity index (χ4v) is 3.84. The first kappa shape index (κ1) is 65.7. The van der Waals surface area contributed by atoms with Crippen LogP contribution in [0.25, 0.3) is 0 Å². The predicted octanol–water partition coefficient (Wildman–Crippen LogP) is -2.08. The summed E-state index contributed by atoms with van der Waals surface area (Å²) in [4.78, 5) is 10.6. The standard InChI is InChI=1S/C8H18O3.C8H16O2.C7H14O5.C6H14O3.C5H12O4.C4H10O3/c9-5-1-3-7-11-8-4-2-6-10;9-5-7-2-1-3-8(4-7)6-10;8-3-1-5-11-7(10)12-6-2-4-9;1-5(8)4-9-6(2)3-7;6-1-5(2-7,3-8)4-9;5-1-3-7-4-2-6/h9-10H,1-8H2;7-10H,1-6H2;8-9H,1-6H2;5-8H,3-4H2,1-2H3;6-9H,1-4H2;5-6H,1-4H2. The van der Waals surface area contributed by atoms with E-state index in [1.165, 1.54) is 6.42 Å². The zero-order chi connectivity index (χ0) is 45.1. The van der Waals surface area contributed by atoms with E-state index >= 15 is 0 Å². The third-order valence-corrected chi connectivity index (χ3v) is 7.54. The molecule has 1 rings (SSSR count). The Hall–Kier alpha value is -1.41. The van der Waals surface area contributed by atoms with E-state index in [1.807, 2.05) is 0 Å². The fraction of sp³-hybridized carbons (Fsp3) is 0.974. The van der Waals surface area contributed by atoms with Gasteiger partial charge in [-0.1, -0.05) is 6.42 Å². The molecule has 0 aromatic carbocycles. The van der Waals surface area contributed by atoms with Gasteiger partial charge in [-0.25, -0.2) is 4.79 Å². The van der Waals surface area contributed by atoms with Gasteiger partial charge in [-0.3, -0.25) is 0 Å². The largest absolute Gasteiger partial charge is 0.508 e. The molecule has 0 aromatic rings. The minimum Gasteiger partial charge on any atom is -0.434 e. The van der Waals surface area contributed by atoms with E-state index in [1.54, 1.807) is 13.8 Å². The highest BCUT2D eigenvalue weighted by Crippen LogP contribution is 2.27. The molecule has 0 spiro atoms. The summed E-state index contributed by atoms with van der Waals surface area (Å²) in [6, 6.07) is 0. The van der Waals surface area contributed by atoms with E-state index in [9.17, 15) is 4.79 Å². The van der Waals surface area contributed by atoms with Gasteiger partial charge in [0, 0.05) is 65.7 Å². The number of rotatable bonds is 28. The van der Waals surface area contributed by atoms with E-state index in [2.05, 4.69) is 14.2 Å². The van der Waals surface area contributed by atoms with Crippen LogP contribution in [0.5, 0.6) is 0 Å². The summed E-state index contributed by atoms with van der Waals surface area (Å²) < 4.78 is 23.9. The molecule has 0 saturated heterocycles. The highest BCUT2D eigenvalue weighted by molar-refractivity contribution is 5.59. The molecule has 0 radical (unpaired) electrons. The Bertz CT molecular complexity index is 685. The third kappa shape index (κ3) is 54.6. The minimum absolute atomic E-state index is 0.00667. The van der Waals surface area contributed by atoms with Crippen LogP contribution in [0, 0.1) is 17.3 Å². The van der Waals surface area contributed by atoms with Crippen LogP contribution in [0.2, 0.25) is 0 Å². The number of hydrogen-bond donors (Lipinski definition) is 14. The topological polar surface area (TPSA) is 346 Å². The van der Waals surface area contributed by atoms with Crippen LogP contribution in [-0.4, -0.2) is 222 Å². The molecule has 0 aromatic heterocycles. The van der Waals surface area contributed by atoms with E-state index in [-0.39, 0.29) is 65.6 Å². The normalized spacial score (nSPS) is 15.5. The molecule has 20 nitrogen and oxygen atoms in total. The molecular formula is C38H84O20. The third-order valence-electron chi connectivity index (χ3n) is 7.54. The lowest BCUT2D eigenvalue weighted by molar-refractivity contribution is -0.0328. The number of aliphatic hydroxyl groups is 14. The van der Waals surface area contributed by atoms with Crippen molar-refractivity contribution in [1.29, 1.82) is 0 Å². The highest BCUT2D eigenvalue weighted by atomic mass is 16.7. The number of ether oxygens (including phenoxy) is 5. The Morgan fingerprint density at radius 2 is 0.948 bits per heavy atom. The number of carbonyl (C=O) groups excluding carboxylic acids is 1. The van der Waals surface area contributed by atoms with Crippen LogP contribution in [0.3, 0.4) is 0 Å². The van der Waals surface area contributed by atoms with E-state index in [0.717, 1.165) is 58.2 Å². The molecule has 356 valence electrons. The Morgan fingerprint density at radius 3 is 1.24 bits per heavy atom. The van der Waals surface area contributed by atoms with Gasteiger partial charge in [0.1, 0.15) is 0 Å². The molecule has 1 aliphatic carbocycles. The van der Waals surface area contributed by atoms with Crippen molar-refractivity contribution in [2.24, 2.45) is 17.3 Å². The molecule has 0 aliphatic heterocycles. The molecule has 0 amide bonds. The molecule has 0 bridgehead atoms. The van der Waals surface area contributed by atoms with Crippen molar-refractivity contribution < 1.29 is 100.0 Å². The van der Waals surface area contributed by atoms with Crippen molar-refractivity contribution in [3.63, 3.8) is 0 Å². The first-order chi connectivity index (χ1) is 27.9. The zero-order valence-corrected chi connectivity index (χ0v) is 35.2. The summed E-state index contributed by atoms with van der Waals surface area (Å²) in [6.45, 7) is 5.63. The molecule has 14 N–H and O–H groups in total. The summed E-state index contributed by atoms with van der Waals surface area (Å²) in [7, 11) is 0. The van der Waals surface area contributed by atoms with Crippen LogP contribution >= 0.6 is 0 Å². The second-order valence-electron chi connectivity index (χ2n) is 13.2. The van der Waals surface area contributed by atoms with E-state index in [0.29, 0.717) is 57.7 Å². The average molecular weight is 861 g/mol. The summed E-state index contributed by atoms with van der Waals surface area (Å²) in [5.41, 5.74) is -1.11. The molecule has 1 fully saturated rings. The van der Waals surface area contributed by atoms with Gasteiger partial charge >= 0.3 is 6.16 Å². The van der Waals surface area contributed by atoms with Crippen LogP contribution in [0.1, 0.15) is 78.1 Å². The smallest absolute Gasteiger partial charge is 0.434 e. The number of hydrogen-bond acceptors (Lipinski definition) is 20. The zero-order valence-electron chi connectivity index (χ0n) is 35.2. The van der Waals surface area contributed by atoms with Crippen LogP contribution in [-0.2, 0) is 23.7 Å². The number of aliphatic hydroxyl groups excluding tert-OH is 14. The molecular weight excluding hydrogens is 776 g/mol. The molecule has 1 aliphatic rings. The van der Waals surface area contributed by atoms with Gasteiger partial charge in [0.05, 0.1) is 96.9 Å². The minimum atomic E-state index is -1.11. The maximum absolute atomic E-state index is 10.6. The van der Waals surface area contributed by atoms with Crippen molar-refractivity contribution in [1.82, 2.24) is 0 Å². The Kier molecular flexibility index (Phi) is 63.0. The van der Waals surface area contributed by atoms with E-state index < -0.39 is 44.1 Å². The Morgan fingerprint density at radius 1 is 0.552 bits per heavy atom. The summed E-state index contributed by atoms with van der Waals surface area (Å²) in [5, 5.41) is 118. The van der Waals surface area contributed by atoms with Gasteiger partial charge in [-0.15, -0.1) is 0 Å². The summed E-state index contributed by atoms with van der Waals surface area (Å²) in [5.74, 6) is 0.928. The second-order valence-corrected chi connectivity index (χ2v) is 13.2. The Balaban J connectivity index is -0.000000195. The molecule has 20 heteroatoms. The van der Waals surface area contributed by atoms with Crippen molar-refractivity contribution in [3.05, 3.63) is 0 Å². The molecule has 58 heavy (non-hydrogen) atoms. The monoisotopic (exact) mass is 861 g/mol. The quantitative estimate of drug-likeness (QED) is 0.0297. The first-order valence-electron chi connectivity index (χ1n) is 20.1. The Labute approximate surface area is 345 Å². The molecule has 4 unspecified atom stereocenters. The van der Waals surface area contributed by atoms with Gasteiger partial charge in [0.25, 0.3) is 0 Å². The van der Waals surface area contributed by atoms with Gasteiger partial charge < -0.3 is 95.2 Å². The van der Waals surface area contributed by atoms with Crippen molar-refractivity contribution in [3.8, 4) is 0 Å². The molecule has 0 heterocycles. The van der Waals surface area contributed by atoms with Gasteiger partial charge in [-0.05, 0) is 70.6 Å². The highest BCUT2D eigenvalue weighted by Gasteiger charge is 2.26. The predicted molar refractivity (Wildman–Crippen MR) is 214 cm³/mol. The lowest BCUT2D eigenvalue weighted by atomic mass is 9.82. The molecule has 4 atom stereocenters. The fourth-order valence-electron chi connectivity index (χ4n) is 3.84. The lowest BCUT2D eigenvalue weighted by Crippen LogP contribution is -2.37.